The summed E-state index contributed by atoms with van der Waals surface area (Å²) in [6.07, 6.45) is 6.01. The molecule has 0 spiro atoms. The second kappa shape index (κ2) is 11.4. The highest BCUT2D eigenvalue weighted by molar-refractivity contribution is 8.00. The number of thioether (sulfide) groups is 1. The molecule has 1 aromatic carbocycles. The SMILES string of the molecule is CCOC(=O)c1c(NC(=O)CSc2nc3ccccc3cc2CC2CCCC2)sc(C(C)=O)c1C. The van der Waals surface area contributed by atoms with E-state index in [9.17, 15) is 14.4 Å². The van der Waals surface area contributed by atoms with E-state index in [0.29, 0.717) is 21.4 Å². The molecule has 1 N–H and O–H groups in total. The lowest BCUT2D eigenvalue weighted by atomic mass is 9.98. The molecule has 4 rings (SSSR count). The Morgan fingerprint density at radius 1 is 1.20 bits per heavy atom. The lowest BCUT2D eigenvalue weighted by Crippen LogP contribution is -2.16. The van der Waals surface area contributed by atoms with Gasteiger partial charge in [-0.1, -0.05) is 55.6 Å². The van der Waals surface area contributed by atoms with Crippen LogP contribution in [0.1, 0.15) is 70.7 Å². The number of anilines is 1. The Hall–Kier alpha value is -2.71. The molecule has 1 fully saturated rings. The number of ether oxygens (including phenoxy) is 1. The van der Waals surface area contributed by atoms with Gasteiger partial charge in [0.1, 0.15) is 10.0 Å². The quantitative estimate of drug-likeness (QED) is 0.202. The standard InChI is InChI=1S/C27H30N2O4S2/c1-4-33-27(32)23-16(2)24(17(3)30)35-26(23)29-22(31)15-34-25-20(13-18-9-5-6-10-18)14-19-11-7-8-12-21(19)28-25/h7-8,11-12,14,18H,4-6,9-10,13,15H2,1-3H3,(H,29,31). The Balaban J connectivity index is 1.53. The minimum Gasteiger partial charge on any atom is -0.462 e. The zero-order chi connectivity index (χ0) is 24.9. The van der Waals surface area contributed by atoms with Crippen LogP contribution in [-0.2, 0) is 16.0 Å². The van der Waals surface area contributed by atoms with Crippen molar-refractivity contribution >= 4 is 56.7 Å². The monoisotopic (exact) mass is 510 g/mol. The van der Waals surface area contributed by atoms with Crippen LogP contribution in [0.2, 0.25) is 0 Å². The van der Waals surface area contributed by atoms with Crippen molar-refractivity contribution in [3.63, 3.8) is 0 Å². The first kappa shape index (κ1) is 25.4. The maximum atomic E-state index is 12.9. The number of ketones is 1. The molecule has 8 heteroatoms. The lowest BCUT2D eigenvalue weighted by molar-refractivity contribution is -0.113. The van der Waals surface area contributed by atoms with Crippen molar-refractivity contribution in [2.75, 3.05) is 17.7 Å². The van der Waals surface area contributed by atoms with Gasteiger partial charge < -0.3 is 10.1 Å². The second-order valence-corrected chi connectivity index (χ2v) is 10.9. The minimum atomic E-state index is -0.535. The maximum Gasteiger partial charge on any atom is 0.341 e. The van der Waals surface area contributed by atoms with Crippen LogP contribution in [0.5, 0.6) is 0 Å². The summed E-state index contributed by atoms with van der Waals surface area (Å²) in [5.41, 5.74) is 2.90. The molecule has 2 heterocycles. The summed E-state index contributed by atoms with van der Waals surface area (Å²) < 4.78 is 5.16. The van der Waals surface area contributed by atoms with Crippen LogP contribution >= 0.6 is 23.1 Å². The zero-order valence-corrected chi connectivity index (χ0v) is 21.9. The topological polar surface area (TPSA) is 85.4 Å². The molecule has 0 radical (unpaired) electrons. The van der Waals surface area contributed by atoms with Crippen LogP contribution in [0.4, 0.5) is 5.00 Å². The van der Waals surface area contributed by atoms with Gasteiger partial charge >= 0.3 is 5.97 Å². The third-order valence-electron chi connectivity index (χ3n) is 6.29. The number of hydrogen-bond donors (Lipinski definition) is 1. The number of pyridine rings is 1. The largest absolute Gasteiger partial charge is 0.462 e. The van der Waals surface area contributed by atoms with Gasteiger partial charge in [0.2, 0.25) is 5.91 Å². The Bertz CT molecular complexity index is 1260. The molecule has 0 atom stereocenters. The number of aromatic nitrogens is 1. The molecule has 35 heavy (non-hydrogen) atoms. The first-order chi connectivity index (χ1) is 16.9. The lowest BCUT2D eigenvalue weighted by Gasteiger charge is -2.14. The van der Waals surface area contributed by atoms with E-state index in [0.717, 1.165) is 33.7 Å². The molecule has 0 bridgehead atoms. The molecule has 0 unspecified atom stereocenters. The van der Waals surface area contributed by atoms with Gasteiger partial charge in [-0.25, -0.2) is 9.78 Å². The van der Waals surface area contributed by atoms with Crippen molar-refractivity contribution in [1.29, 1.82) is 0 Å². The number of thiophene rings is 1. The molecule has 3 aromatic rings. The third-order valence-corrected chi connectivity index (χ3v) is 8.63. The number of carbonyl (C=O) groups is 3. The number of para-hydroxylation sites is 1. The van der Waals surface area contributed by atoms with Gasteiger partial charge in [0.25, 0.3) is 0 Å². The first-order valence-electron chi connectivity index (χ1n) is 12.0. The Labute approximate surface area is 213 Å². The number of amides is 1. The summed E-state index contributed by atoms with van der Waals surface area (Å²) in [7, 11) is 0. The number of esters is 1. The number of carbonyl (C=O) groups excluding carboxylic acids is 3. The predicted molar refractivity (Wildman–Crippen MR) is 142 cm³/mol. The summed E-state index contributed by atoms with van der Waals surface area (Å²) >= 11 is 2.53. The van der Waals surface area contributed by atoms with E-state index in [4.69, 9.17) is 9.72 Å². The fourth-order valence-corrected chi connectivity index (χ4v) is 6.56. The van der Waals surface area contributed by atoms with Gasteiger partial charge in [0.15, 0.2) is 5.78 Å². The molecule has 1 amide bonds. The van der Waals surface area contributed by atoms with Crippen LogP contribution in [0, 0.1) is 12.8 Å². The summed E-state index contributed by atoms with van der Waals surface area (Å²) in [6, 6.07) is 10.3. The minimum absolute atomic E-state index is 0.148. The van der Waals surface area contributed by atoms with Crippen LogP contribution in [0.3, 0.4) is 0 Å². The van der Waals surface area contributed by atoms with E-state index < -0.39 is 5.97 Å². The molecule has 0 saturated heterocycles. The average molecular weight is 511 g/mol. The Morgan fingerprint density at radius 3 is 2.66 bits per heavy atom. The van der Waals surface area contributed by atoms with Crippen LogP contribution in [0.25, 0.3) is 10.9 Å². The van der Waals surface area contributed by atoms with Crippen LogP contribution in [-0.4, -0.2) is 35.0 Å². The first-order valence-corrected chi connectivity index (χ1v) is 13.8. The molecular weight excluding hydrogens is 480 g/mol. The third kappa shape index (κ3) is 5.93. The Kier molecular flexibility index (Phi) is 8.23. The normalized spacial score (nSPS) is 13.8. The highest BCUT2D eigenvalue weighted by Crippen LogP contribution is 2.35. The van der Waals surface area contributed by atoms with Gasteiger partial charge in [-0.15, -0.1) is 11.3 Å². The molecule has 1 aliphatic rings. The van der Waals surface area contributed by atoms with Crippen molar-refractivity contribution < 1.29 is 19.1 Å². The highest BCUT2D eigenvalue weighted by atomic mass is 32.2. The number of Topliss-reactive ketones (excluding diaryl/α,β-unsaturated/α-hetero) is 1. The molecule has 184 valence electrons. The molecule has 0 aliphatic heterocycles. The van der Waals surface area contributed by atoms with Crippen molar-refractivity contribution in [2.24, 2.45) is 5.92 Å². The van der Waals surface area contributed by atoms with Gasteiger partial charge in [-0.05, 0) is 56.4 Å². The fourth-order valence-electron chi connectivity index (χ4n) is 4.62. The average Bonchev–Trinajstić information content (AvgIpc) is 3.45. The predicted octanol–water partition coefficient (Wildman–Crippen LogP) is 6.45. The van der Waals surface area contributed by atoms with Gasteiger partial charge in [0.05, 0.1) is 28.3 Å². The van der Waals surface area contributed by atoms with E-state index in [2.05, 4.69) is 17.4 Å². The van der Waals surface area contributed by atoms with E-state index in [-0.39, 0.29) is 29.6 Å². The van der Waals surface area contributed by atoms with Crippen molar-refractivity contribution in [3.8, 4) is 0 Å². The summed E-state index contributed by atoms with van der Waals surface area (Å²) in [5.74, 6) is -0.120. The fraction of sp³-hybridized carbons (Fsp3) is 0.407. The van der Waals surface area contributed by atoms with Gasteiger partial charge in [0, 0.05) is 5.39 Å². The molecular formula is C27H30N2O4S2. The van der Waals surface area contributed by atoms with Crippen molar-refractivity contribution in [2.45, 2.75) is 57.9 Å². The molecule has 2 aromatic heterocycles. The number of nitrogens with one attached hydrogen (secondary N) is 1. The van der Waals surface area contributed by atoms with E-state index in [1.165, 1.54) is 49.9 Å². The van der Waals surface area contributed by atoms with E-state index >= 15 is 0 Å². The molecule has 1 saturated carbocycles. The smallest absolute Gasteiger partial charge is 0.341 e. The van der Waals surface area contributed by atoms with Crippen LogP contribution < -0.4 is 5.32 Å². The number of hydrogen-bond acceptors (Lipinski definition) is 7. The molecule has 1 aliphatic carbocycles. The number of benzene rings is 1. The van der Waals surface area contributed by atoms with Gasteiger partial charge in [-0.3, -0.25) is 9.59 Å². The van der Waals surface area contributed by atoms with Crippen LogP contribution in [0.15, 0.2) is 35.4 Å². The summed E-state index contributed by atoms with van der Waals surface area (Å²) in [5, 5.41) is 5.19. The Morgan fingerprint density at radius 2 is 1.94 bits per heavy atom. The highest BCUT2D eigenvalue weighted by Gasteiger charge is 2.25. The zero-order valence-electron chi connectivity index (χ0n) is 20.3. The summed E-state index contributed by atoms with van der Waals surface area (Å²) in [4.78, 5) is 42.8. The maximum absolute atomic E-state index is 12.9. The number of nitrogens with zero attached hydrogens (tertiary/aromatic N) is 1. The van der Waals surface area contributed by atoms with Crippen molar-refractivity contribution in [1.82, 2.24) is 4.98 Å². The number of rotatable bonds is 9. The second-order valence-electron chi connectivity index (χ2n) is 8.87. The molecule has 6 nitrogen and oxygen atoms in total. The number of fused-ring (bicyclic) bond motifs is 1. The van der Waals surface area contributed by atoms with Gasteiger partial charge in [-0.2, -0.15) is 0 Å². The van der Waals surface area contributed by atoms with E-state index in [1.807, 2.05) is 18.2 Å². The van der Waals surface area contributed by atoms with E-state index in [1.54, 1.807) is 13.8 Å². The van der Waals surface area contributed by atoms with Crippen molar-refractivity contribution in [3.05, 3.63) is 51.9 Å². The summed E-state index contributed by atoms with van der Waals surface area (Å²) in [6.45, 7) is 5.09.